The van der Waals surface area contributed by atoms with E-state index in [4.69, 9.17) is 0 Å². The van der Waals surface area contributed by atoms with Gasteiger partial charge < -0.3 is 0 Å². The molecule has 0 unspecified atom stereocenters. The fourth-order valence-electron chi connectivity index (χ4n) is 6.48. The van der Waals surface area contributed by atoms with Crippen LogP contribution in [0.5, 0.6) is 0 Å². The van der Waals surface area contributed by atoms with Gasteiger partial charge in [-0.2, -0.15) is 0 Å². The Hall–Kier alpha value is -0.0400. The zero-order valence-corrected chi connectivity index (χ0v) is 29.3. The second-order valence-corrected chi connectivity index (χ2v) is 14.1. The van der Waals surface area contributed by atoms with E-state index in [0.717, 1.165) is 0 Å². The van der Waals surface area contributed by atoms with Crippen LogP contribution in [0.1, 0.15) is 234 Å². The fourth-order valence-corrected chi connectivity index (χ4v) is 6.48. The summed E-state index contributed by atoms with van der Waals surface area (Å²) in [6, 6.07) is 0. The molecule has 0 aromatic carbocycles. The topological polar surface area (TPSA) is 3.24 Å². The van der Waals surface area contributed by atoms with E-state index in [0.29, 0.717) is 5.54 Å². The molecule has 0 atom stereocenters. The highest BCUT2D eigenvalue weighted by Gasteiger charge is 2.25. The molecule has 242 valence electrons. The zero-order chi connectivity index (χ0) is 29.4. The molecule has 0 saturated heterocycles. The number of nitrogens with zero attached hydrogens (tertiary/aromatic N) is 1. The lowest BCUT2D eigenvalue weighted by molar-refractivity contribution is 0.103. The van der Waals surface area contributed by atoms with Crippen LogP contribution in [0, 0.1) is 0 Å². The molecule has 0 rings (SSSR count). The van der Waals surface area contributed by atoms with E-state index in [1.54, 1.807) is 0 Å². The van der Waals surface area contributed by atoms with Gasteiger partial charge in [0, 0.05) is 5.54 Å². The van der Waals surface area contributed by atoms with Gasteiger partial charge in [-0.15, -0.1) is 0 Å². The maximum Gasteiger partial charge on any atom is 0.0153 e. The standard InChI is InChI=1S/C39H81N/c1-6-9-12-14-16-18-20-22-24-26-28-30-32-34-37-40(39(4,5)36-11-8-3)38-35-33-31-29-27-25-23-21-19-17-15-13-10-7-2/h6-38H2,1-5H3. The highest BCUT2D eigenvalue weighted by molar-refractivity contribution is 4.81. The lowest BCUT2D eigenvalue weighted by Gasteiger charge is -2.39. The van der Waals surface area contributed by atoms with Crippen LogP contribution in [-0.2, 0) is 0 Å². The molecule has 0 saturated carbocycles. The first-order valence-electron chi connectivity index (χ1n) is 19.3. The van der Waals surface area contributed by atoms with Crippen LogP contribution in [-0.4, -0.2) is 23.5 Å². The summed E-state index contributed by atoms with van der Waals surface area (Å²) < 4.78 is 0. The molecule has 0 spiro atoms. The molecule has 0 aromatic heterocycles. The van der Waals surface area contributed by atoms with Gasteiger partial charge in [-0.3, -0.25) is 4.90 Å². The summed E-state index contributed by atoms with van der Waals surface area (Å²) in [6.07, 6.45) is 44.8. The molecular formula is C39H81N. The molecule has 0 radical (unpaired) electrons. The van der Waals surface area contributed by atoms with Crippen LogP contribution in [0.4, 0.5) is 0 Å². The smallest absolute Gasteiger partial charge is 0.0153 e. The number of rotatable bonds is 34. The molecule has 0 bridgehead atoms. The second kappa shape index (κ2) is 31.9. The van der Waals surface area contributed by atoms with E-state index >= 15 is 0 Å². The van der Waals surface area contributed by atoms with Gasteiger partial charge in [0.15, 0.2) is 0 Å². The first-order valence-corrected chi connectivity index (χ1v) is 19.3. The van der Waals surface area contributed by atoms with Crippen LogP contribution < -0.4 is 0 Å². The molecule has 0 heterocycles. The average molecular weight is 564 g/mol. The van der Waals surface area contributed by atoms with Crippen LogP contribution in [0.25, 0.3) is 0 Å². The number of hydrogen-bond acceptors (Lipinski definition) is 1. The third kappa shape index (κ3) is 28.1. The Kier molecular flexibility index (Phi) is 31.9. The minimum Gasteiger partial charge on any atom is -0.298 e. The normalized spacial score (nSPS) is 12.2. The summed E-state index contributed by atoms with van der Waals surface area (Å²) in [5.74, 6) is 0. The van der Waals surface area contributed by atoms with Gasteiger partial charge in [-0.25, -0.2) is 0 Å². The van der Waals surface area contributed by atoms with E-state index in [1.807, 2.05) is 0 Å². The van der Waals surface area contributed by atoms with Crippen molar-refractivity contribution in [1.82, 2.24) is 4.90 Å². The SMILES string of the molecule is CCCCCCCCCCCCCCCCN(CCCCCCCCCCCCCCCC)C(C)(C)CCCC. The summed E-state index contributed by atoms with van der Waals surface area (Å²) in [6.45, 7) is 14.7. The Bertz CT molecular complexity index is 424. The summed E-state index contributed by atoms with van der Waals surface area (Å²) in [5.41, 5.74) is 0.378. The third-order valence-electron chi connectivity index (χ3n) is 9.56. The molecule has 0 aliphatic carbocycles. The molecule has 40 heavy (non-hydrogen) atoms. The van der Waals surface area contributed by atoms with Crippen LogP contribution >= 0.6 is 0 Å². The summed E-state index contributed by atoms with van der Waals surface area (Å²) >= 11 is 0. The quantitative estimate of drug-likeness (QED) is 0.0704. The fraction of sp³-hybridized carbons (Fsp3) is 1.00. The Morgan fingerprint density at radius 2 is 0.525 bits per heavy atom. The van der Waals surface area contributed by atoms with Crippen molar-refractivity contribution >= 4 is 0 Å². The average Bonchev–Trinajstić information content (AvgIpc) is 2.95. The molecule has 0 amide bonds. The van der Waals surface area contributed by atoms with Crippen molar-refractivity contribution in [3.8, 4) is 0 Å². The van der Waals surface area contributed by atoms with Crippen molar-refractivity contribution in [2.75, 3.05) is 13.1 Å². The van der Waals surface area contributed by atoms with E-state index < -0.39 is 0 Å². The zero-order valence-electron chi connectivity index (χ0n) is 29.3. The Balaban J connectivity index is 3.84. The molecule has 1 heteroatoms. The van der Waals surface area contributed by atoms with E-state index in [1.165, 1.54) is 212 Å². The molecule has 0 aliphatic heterocycles. The van der Waals surface area contributed by atoms with Crippen molar-refractivity contribution < 1.29 is 0 Å². The lowest BCUT2D eigenvalue weighted by Crippen LogP contribution is -2.45. The predicted molar refractivity (Wildman–Crippen MR) is 186 cm³/mol. The van der Waals surface area contributed by atoms with E-state index in [2.05, 4.69) is 39.5 Å². The predicted octanol–water partition coefficient (Wildman–Crippen LogP) is 14.2. The monoisotopic (exact) mass is 564 g/mol. The largest absolute Gasteiger partial charge is 0.298 e. The van der Waals surface area contributed by atoms with Crippen LogP contribution in [0.3, 0.4) is 0 Å². The van der Waals surface area contributed by atoms with Crippen molar-refractivity contribution in [2.45, 2.75) is 239 Å². The van der Waals surface area contributed by atoms with Crippen LogP contribution in [0.2, 0.25) is 0 Å². The Labute approximate surface area is 256 Å². The van der Waals surface area contributed by atoms with Gasteiger partial charge in [-0.05, 0) is 46.2 Å². The highest BCUT2D eigenvalue weighted by Crippen LogP contribution is 2.24. The molecule has 1 nitrogen and oxygen atoms in total. The van der Waals surface area contributed by atoms with E-state index in [-0.39, 0.29) is 0 Å². The van der Waals surface area contributed by atoms with Crippen molar-refractivity contribution in [3.63, 3.8) is 0 Å². The minimum atomic E-state index is 0.378. The van der Waals surface area contributed by atoms with Gasteiger partial charge in [-0.1, -0.05) is 201 Å². The van der Waals surface area contributed by atoms with Crippen molar-refractivity contribution in [1.29, 1.82) is 0 Å². The molecule has 0 aromatic rings. The third-order valence-corrected chi connectivity index (χ3v) is 9.56. The van der Waals surface area contributed by atoms with Crippen molar-refractivity contribution in [3.05, 3.63) is 0 Å². The van der Waals surface area contributed by atoms with Gasteiger partial charge in [0.1, 0.15) is 0 Å². The highest BCUT2D eigenvalue weighted by atomic mass is 15.2. The van der Waals surface area contributed by atoms with Gasteiger partial charge >= 0.3 is 0 Å². The molecule has 0 fully saturated rings. The molecule has 0 aliphatic rings. The lowest BCUT2D eigenvalue weighted by atomic mass is 9.94. The maximum atomic E-state index is 2.88. The first-order chi connectivity index (χ1) is 19.6. The first kappa shape index (κ1) is 40.0. The van der Waals surface area contributed by atoms with Crippen LogP contribution in [0.15, 0.2) is 0 Å². The Morgan fingerprint density at radius 3 is 0.775 bits per heavy atom. The summed E-state index contributed by atoms with van der Waals surface area (Å²) in [5, 5.41) is 0. The molecule has 0 N–H and O–H groups in total. The van der Waals surface area contributed by atoms with Gasteiger partial charge in [0.2, 0.25) is 0 Å². The molecular weight excluding hydrogens is 482 g/mol. The minimum absolute atomic E-state index is 0.378. The Morgan fingerprint density at radius 1 is 0.300 bits per heavy atom. The summed E-state index contributed by atoms with van der Waals surface area (Å²) in [4.78, 5) is 2.88. The van der Waals surface area contributed by atoms with E-state index in [9.17, 15) is 0 Å². The van der Waals surface area contributed by atoms with Gasteiger partial charge in [0.05, 0.1) is 0 Å². The maximum absolute atomic E-state index is 2.88. The number of hydrogen-bond donors (Lipinski definition) is 0. The summed E-state index contributed by atoms with van der Waals surface area (Å²) in [7, 11) is 0. The number of unbranched alkanes of at least 4 members (excludes halogenated alkanes) is 27. The van der Waals surface area contributed by atoms with Crippen molar-refractivity contribution in [2.24, 2.45) is 0 Å². The van der Waals surface area contributed by atoms with Gasteiger partial charge in [0.25, 0.3) is 0 Å². The second-order valence-electron chi connectivity index (χ2n) is 14.1.